The minimum atomic E-state index is -0.433. The van der Waals surface area contributed by atoms with Crippen LogP contribution >= 0.6 is 0 Å². The first-order valence-electron chi connectivity index (χ1n) is 7.56. The summed E-state index contributed by atoms with van der Waals surface area (Å²) in [6.07, 6.45) is 1.54. The lowest BCUT2D eigenvalue weighted by molar-refractivity contribution is -0.384. The van der Waals surface area contributed by atoms with Gasteiger partial charge in [-0.05, 0) is 25.1 Å². The van der Waals surface area contributed by atoms with E-state index in [4.69, 9.17) is 4.74 Å². The Morgan fingerprint density at radius 2 is 2.08 bits per heavy atom. The minimum absolute atomic E-state index is 0.0289. The van der Waals surface area contributed by atoms with Crippen molar-refractivity contribution in [2.75, 3.05) is 12.5 Å². The van der Waals surface area contributed by atoms with Crippen molar-refractivity contribution >= 4 is 28.5 Å². The Kier molecular flexibility index (Phi) is 4.56. The zero-order valence-corrected chi connectivity index (χ0v) is 13.8. The van der Waals surface area contributed by atoms with E-state index in [1.165, 1.54) is 18.3 Å². The predicted octanol–water partition coefficient (Wildman–Crippen LogP) is 3.91. The zero-order chi connectivity index (χ0) is 17.8. The number of hydrazone groups is 1. The maximum absolute atomic E-state index is 10.8. The van der Waals surface area contributed by atoms with E-state index in [-0.39, 0.29) is 5.69 Å². The second kappa shape index (κ2) is 6.96. The van der Waals surface area contributed by atoms with E-state index < -0.39 is 4.92 Å². The molecule has 0 aliphatic heterocycles. The van der Waals surface area contributed by atoms with Crippen LogP contribution in [0, 0.1) is 17.0 Å². The molecule has 0 atom stereocenters. The highest BCUT2D eigenvalue weighted by Gasteiger charge is 2.06. The summed E-state index contributed by atoms with van der Waals surface area (Å²) in [7, 11) is 1.61. The van der Waals surface area contributed by atoms with E-state index >= 15 is 0 Å². The van der Waals surface area contributed by atoms with Crippen LogP contribution in [0.2, 0.25) is 0 Å². The number of anilines is 1. The third-order valence-electron chi connectivity index (χ3n) is 3.62. The Morgan fingerprint density at radius 1 is 1.24 bits per heavy atom. The van der Waals surface area contributed by atoms with Gasteiger partial charge in [-0.3, -0.25) is 20.5 Å². The van der Waals surface area contributed by atoms with Crippen molar-refractivity contribution in [1.29, 1.82) is 0 Å². The molecule has 0 unspecified atom stereocenters. The second-order valence-electron chi connectivity index (χ2n) is 5.42. The number of aromatic nitrogens is 1. The Bertz CT molecular complexity index is 970. The first kappa shape index (κ1) is 16.4. The lowest BCUT2D eigenvalue weighted by Crippen LogP contribution is -1.96. The standard InChI is InChI=1S/C18H16N4O3/c1-12-8-18(16-7-6-15(25-2)10-17(16)20-12)21-19-11-13-4-3-5-14(9-13)22(23)24/h3-11H,1-2H3,(H,20,21)/b19-11+. The molecule has 25 heavy (non-hydrogen) atoms. The Balaban J connectivity index is 1.88. The van der Waals surface area contributed by atoms with Gasteiger partial charge in [0, 0.05) is 34.8 Å². The van der Waals surface area contributed by atoms with Crippen molar-refractivity contribution in [3.63, 3.8) is 0 Å². The molecule has 0 bridgehead atoms. The Labute approximate surface area is 144 Å². The molecule has 1 N–H and O–H groups in total. The van der Waals surface area contributed by atoms with Gasteiger partial charge in [0.25, 0.3) is 5.69 Å². The summed E-state index contributed by atoms with van der Waals surface area (Å²) in [5.74, 6) is 0.733. The van der Waals surface area contributed by atoms with Crippen LogP contribution in [0.25, 0.3) is 10.9 Å². The number of nitro benzene ring substituents is 1. The Morgan fingerprint density at radius 3 is 2.84 bits per heavy atom. The van der Waals surface area contributed by atoms with Crippen molar-refractivity contribution in [2.45, 2.75) is 6.92 Å². The number of hydrogen-bond donors (Lipinski definition) is 1. The summed E-state index contributed by atoms with van der Waals surface area (Å²) in [5, 5.41) is 15.9. The molecule has 0 fully saturated rings. The van der Waals surface area contributed by atoms with Crippen molar-refractivity contribution in [3.05, 3.63) is 69.9 Å². The van der Waals surface area contributed by atoms with Gasteiger partial charge in [0.1, 0.15) is 5.75 Å². The van der Waals surface area contributed by atoms with Crippen molar-refractivity contribution in [3.8, 4) is 5.75 Å². The molecule has 7 heteroatoms. The van der Waals surface area contributed by atoms with E-state index in [1.54, 1.807) is 19.2 Å². The van der Waals surface area contributed by atoms with Gasteiger partial charge >= 0.3 is 0 Å². The van der Waals surface area contributed by atoms with Gasteiger partial charge in [0.15, 0.2) is 0 Å². The molecule has 1 aromatic heterocycles. The highest BCUT2D eigenvalue weighted by Crippen LogP contribution is 2.26. The number of rotatable bonds is 5. The summed E-state index contributed by atoms with van der Waals surface area (Å²) in [4.78, 5) is 14.9. The van der Waals surface area contributed by atoms with Crippen LogP contribution in [0.15, 0.2) is 53.6 Å². The molecule has 0 spiro atoms. The van der Waals surface area contributed by atoms with Gasteiger partial charge in [0.05, 0.1) is 29.5 Å². The SMILES string of the molecule is COc1ccc2c(N/N=C/c3cccc([N+](=O)[O-])c3)cc(C)nc2c1. The monoisotopic (exact) mass is 336 g/mol. The molecule has 0 amide bonds. The molecule has 0 aliphatic rings. The van der Waals surface area contributed by atoms with E-state index in [0.29, 0.717) is 5.56 Å². The average Bonchev–Trinajstić information content (AvgIpc) is 2.61. The van der Waals surface area contributed by atoms with Gasteiger partial charge < -0.3 is 4.74 Å². The van der Waals surface area contributed by atoms with E-state index in [2.05, 4.69) is 15.5 Å². The molecular weight excluding hydrogens is 320 g/mol. The van der Waals surface area contributed by atoms with Crippen LogP contribution < -0.4 is 10.2 Å². The molecule has 2 aromatic carbocycles. The fourth-order valence-electron chi connectivity index (χ4n) is 2.46. The molecule has 1 heterocycles. The number of pyridine rings is 1. The van der Waals surface area contributed by atoms with Crippen molar-refractivity contribution in [2.24, 2.45) is 5.10 Å². The first-order chi connectivity index (χ1) is 12.1. The number of hydrogen-bond acceptors (Lipinski definition) is 6. The number of non-ortho nitro benzene ring substituents is 1. The van der Waals surface area contributed by atoms with Crippen LogP contribution in [0.4, 0.5) is 11.4 Å². The van der Waals surface area contributed by atoms with Gasteiger partial charge in [-0.1, -0.05) is 12.1 Å². The minimum Gasteiger partial charge on any atom is -0.497 e. The lowest BCUT2D eigenvalue weighted by atomic mass is 10.1. The molecule has 0 saturated heterocycles. The number of nitrogens with one attached hydrogen (secondary N) is 1. The predicted molar refractivity (Wildman–Crippen MR) is 97.3 cm³/mol. The Hall–Kier alpha value is -3.48. The van der Waals surface area contributed by atoms with Gasteiger partial charge in [-0.2, -0.15) is 5.10 Å². The molecule has 3 rings (SSSR count). The number of fused-ring (bicyclic) bond motifs is 1. The molecule has 0 radical (unpaired) electrons. The largest absolute Gasteiger partial charge is 0.497 e. The highest BCUT2D eigenvalue weighted by molar-refractivity contribution is 5.92. The number of nitro groups is 1. The van der Waals surface area contributed by atoms with Crippen LogP contribution in [0.1, 0.15) is 11.3 Å². The zero-order valence-electron chi connectivity index (χ0n) is 13.8. The normalized spacial score (nSPS) is 11.0. The van der Waals surface area contributed by atoms with Crippen LogP contribution in [0.5, 0.6) is 5.75 Å². The fourth-order valence-corrected chi connectivity index (χ4v) is 2.46. The quantitative estimate of drug-likeness (QED) is 0.433. The number of benzene rings is 2. The molecule has 7 nitrogen and oxygen atoms in total. The number of methoxy groups -OCH3 is 1. The summed E-state index contributed by atoms with van der Waals surface area (Å²) in [6, 6.07) is 13.8. The van der Waals surface area contributed by atoms with E-state index in [0.717, 1.165) is 28.0 Å². The number of ether oxygens (including phenoxy) is 1. The van der Waals surface area contributed by atoms with E-state index in [1.807, 2.05) is 31.2 Å². The van der Waals surface area contributed by atoms with Crippen LogP contribution in [-0.2, 0) is 0 Å². The maximum atomic E-state index is 10.8. The van der Waals surface area contributed by atoms with Crippen LogP contribution in [-0.4, -0.2) is 23.2 Å². The van der Waals surface area contributed by atoms with Crippen molar-refractivity contribution < 1.29 is 9.66 Å². The molecule has 0 saturated carbocycles. The summed E-state index contributed by atoms with van der Waals surface area (Å²) in [5.41, 5.74) is 6.09. The third-order valence-corrected chi connectivity index (χ3v) is 3.62. The lowest BCUT2D eigenvalue weighted by Gasteiger charge is -2.08. The topological polar surface area (TPSA) is 89.6 Å². The summed E-state index contributed by atoms with van der Waals surface area (Å²) < 4.78 is 5.23. The second-order valence-corrected chi connectivity index (χ2v) is 5.42. The molecule has 3 aromatic rings. The first-order valence-corrected chi connectivity index (χ1v) is 7.56. The van der Waals surface area contributed by atoms with Gasteiger partial charge in [0.2, 0.25) is 0 Å². The smallest absolute Gasteiger partial charge is 0.270 e. The average molecular weight is 336 g/mol. The van der Waals surface area contributed by atoms with Gasteiger partial charge in [-0.25, -0.2) is 0 Å². The summed E-state index contributed by atoms with van der Waals surface area (Å²) >= 11 is 0. The third kappa shape index (κ3) is 3.72. The number of aryl methyl sites for hydroxylation is 1. The number of nitrogens with zero attached hydrogens (tertiary/aromatic N) is 3. The van der Waals surface area contributed by atoms with Crippen molar-refractivity contribution in [1.82, 2.24) is 4.98 Å². The maximum Gasteiger partial charge on any atom is 0.270 e. The molecular formula is C18H16N4O3. The fraction of sp³-hybridized carbons (Fsp3) is 0.111. The molecule has 0 aliphatic carbocycles. The molecule has 126 valence electrons. The van der Waals surface area contributed by atoms with Gasteiger partial charge in [-0.15, -0.1) is 0 Å². The van der Waals surface area contributed by atoms with Crippen LogP contribution in [0.3, 0.4) is 0 Å². The van der Waals surface area contributed by atoms with E-state index in [9.17, 15) is 10.1 Å². The highest BCUT2D eigenvalue weighted by atomic mass is 16.6. The summed E-state index contributed by atoms with van der Waals surface area (Å²) in [6.45, 7) is 1.90.